The van der Waals surface area contributed by atoms with Gasteiger partial charge in [-0.2, -0.15) is 5.10 Å². The van der Waals surface area contributed by atoms with E-state index in [9.17, 15) is 4.79 Å². The lowest BCUT2D eigenvalue weighted by Gasteiger charge is -2.08. The van der Waals surface area contributed by atoms with Crippen molar-refractivity contribution in [1.82, 2.24) is 30.1 Å². The molecule has 1 amide bonds. The van der Waals surface area contributed by atoms with Crippen molar-refractivity contribution in [2.24, 2.45) is 0 Å². The zero-order chi connectivity index (χ0) is 22.9. The molecule has 0 saturated heterocycles. The Kier molecular flexibility index (Phi) is 4.81. The van der Waals surface area contributed by atoms with Gasteiger partial charge in [0.2, 0.25) is 5.91 Å². The van der Waals surface area contributed by atoms with Crippen molar-refractivity contribution >= 4 is 33.5 Å². The molecule has 0 unspecified atom stereocenters. The second-order valence-electron chi connectivity index (χ2n) is 7.89. The van der Waals surface area contributed by atoms with Crippen LogP contribution in [0.25, 0.3) is 44.6 Å². The fourth-order valence-corrected chi connectivity index (χ4v) is 3.93. The van der Waals surface area contributed by atoms with Gasteiger partial charge in [-0.3, -0.25) is 19.9 Å². The van der Waals surface area contributed by atoms with Gasteiger partial charge < -0.3 is 10.3 Å². The summed E-state index contributed by atoms with van der Waals surface area (Å²) < 4.78 is 0. The Bertz CT molecular complexity index is 1600. The van der Waals surface area contributed by atoms with E-state index in [1.54, 1.807) is 30.9 Å². The zero-order valence-electron chi connectivity index (χ0n) is 17.9. The predicted molar refractivity (Wildman–Crippen MR) is 130 cm³/mol. The van der Waals surface area contributed by atoms with Crippen LogP contribution in [0.15, 0.2) is 79.4 Å². The number of fused-ring (bicyclic) bond motifs is 2. The lowest BCUT2D eigenvalue weighted by Crippen LogP contribution is -2.14. The summed E-state index contributed by atoms with van der Waals surface area (Å²) in [5.41, 5.74) is 6.61. The van der Waals surface area contributed by atoms with Crippen LogP contribution in [0.1, 0.15) is 5.56 Å². The highest BCUT2D eigenvalue weighted by molar-refractivity contribution is 5.96. The zero-order valence-corrected chi connectivity index (χ0v) is 17.9. The molecule has 0 aliphatic rings. The maximum Gasteiger partial charge on any atom is 0.228 e. The molecule has 2 aromatic carbocycles. The minimum absolute atomic E-state index is 0.117. The summed E-state index contributed by atoms with van der Waals surface area (Å²) >= 11 is 0. The van der Waals surface area contributed by atoms with Crippen LogP contribution in [0, 0.1) is 6.07 Å². The number of H-pyrrole nitrogens is 2. The molecule has 1 radical (unpaired) electrons. The molecule has 0 saturated carbocycles. The molecule has 34 heavy (non-hydrogen) atoms. The highest BCUT2D eigenvalue weighted by atomic mass is 16.1. The number of benzene rings is 2. The molecule has 6 rings (SSSR count). The van der Waals surface area contributed by atoms with Crippen LogP contribution in [-0.4, -0.2) is 36.0 Å². The van der Waals surface area contributed by atoms with Gasteiger partial charge in [0.25, 0.3) is 0 Å². The minimum Gasteiger partial charge on any atom is -0.335 e. The quantitative estimate of drug-likeness (QED) is 0.361. The van der Waals surface area contributed by atoms with Crippen molar-refractivity contribution in [3.63, 3.8) is 0 Å². The maximum atomic E-state index is 12.5. The number of imidazole rings is 1. The number of carbonyl (C=O) groups is 1. The third-order valence-corrected chi connectivity index (χ3v) is 5.55. The van der Waals surface area contributed by atoms with Gasteiger partial charge in [-0.1, -0.05) is 30.3 Å². The monoisotopic (exact) mass is 444 g/mol. The van der Waals surface area contributed by atoms with Crippen LogP contribution >= 0.6 is 0 Å². The Morgan fingerprint density at radius 3 is 2.82 bits per heavy atom. The average molecular weight is 444 g/mol. The Hall–Kier alpha value is -4.85. The van der Waals surface area contributed by atoms with Crippen LogP contribution < -0.4 is 5.32 Å². The molecular weight excluding hydrogens is 426 g/mol. The van der Waals surface area contributed by atoms with E-state index < -0.39 is 0 Å². The van der Waals surface area contributed by atoms with E-state index in [1.807, 2.05) is 48.5 Å². The van der Waals surface area contributed by atoms with Gasteiger partial charge in [0.1, 0.15) is 5.69 Å². The Labute approximate surface area is 194 Å². The van der Waals surface area contributed by atoms with Gasteiger partial charge in [0, 0.05) is 23.3 Å². The number of pyridine rings is 2. The van der Waals surface area contributed by atoms with E-state index in [2.05, 4.69) is 41.5 Å². The van der Waals surface area contributed by atoms with Gasteiger partial charge in [-0.25, -0.2) is 4.98 Å². The number of hydrogen-bond donors (Lipinski definition) is 3. The number of nitrogens with one attached hydrogen (secondary N) is 3. The third kappa shape index (κ3) is 3.77. The van der Waals surface area contributed by atoms with Crippen LogP contribution in [0.4, 0.5) is 5.69 Å². The van der Waals surface area contributed by atoms with E-state index in [-0.39, 0.29) is 12.3 Å². The first-order valence-electron chi connectivity index (χ1n) is 10.7. The highest BCUT2D eigenvalue weighted by Crippen LogP contribution is 2.30. The SMILES string of the molecule is O=C(Cc1[c]cccc1)Nc1cncc(-c2ccc3[nH]nc(-c4nc5ccncc5[nH]4)c3c2)c1. The van der Waals surface area contributed by atoms with Crippen LogP contribution in [0.3, 0.4) is 0 Å². The third-order valence-electron chi connectivity index (χ3n) is 5.55. The smallest absolute Gasteiger partial charge is 0.228 e. The lowest BCUT2D eigenvalue weighted by molar-refractivity contribution is -0.115. The van der Waals surface area contributed by atoms with Gasteiger partial charge >= 0.3 is 0 Å². The van der Waals surface area contributed by atoms with Crippen LogP contribution in [-0.2, 0) is 11.2 Å². The molecule has 8 nitrogen and oxygen atoms in total. The van der Waals surface area contributed by atoms with E-state index in [4.69, 9.17) is 0 Å². The minimum atomic E-state index is -0.117. The molecule has 6 aromatic rings. The first kappa shape index (κ1) is 19.8. The van der Waals surface area contributed by atoms with Crippen molar-refractivity contribution in [3.05, 3.63) is 91.0 Å². The normalized spacial score (nSPS) is 11.2. The molecule has 8 heteroatoms. The fraction of sp³-hybridized carbons (Fsp3) is 0.0385. The summed E-state index contributed by atoms with van der Waals surface area (Å²) in [5.74, 6) is 0.552. The summed E-state index contributed by atoms with van der Waals surface area (Å²) in [4.78, 5) is 28.9. The van der Waals surface area contributed by atoms with E-state index >= 15 is 0 Å². The maximum absolute atomic E-state index is 12.5. The summed E-state index contributed by atoms with van der Waals surface area (Å²) in [6, 6.07) is 20.3. The number of aromatic amines is 2. The molecule has 4 aromatic heterocycles. The molecule has 0 fully saturated rings. The lowest BCUT2D eigenvalue weighted by atomic mass is 10.0. The largest absolute Gasteiger partial charge is 0.335 e. The van der Waals surface area contributed by atoms with Gasteiger partial charge in [0.05, 0.1) is 41.1 Å². The van der Waals surface area contributed by atoms with Crippen molar-refractivity contribution in [3.8, 4) is 22.6 Å². The fourth-order valence-electron chi connectivity index (χ4n) is 3.93. The number of aromatic nitrogens is 6. The Morgan fingerprint density at radius 1 is 0.971 bits per heavy atom. The predicted octanol–water partition coefficient (Wildman–Crippen LogP) is 4.54. The van der Waals surface area contributed by atoms with Gasteiger partial charge in [-0.15, -0.1) is 0 Å². The number of hydrogen-bond acceptors (Lipinski definition) is 5. The molecule has 3 N–H and O–H groups in total. The number of nitrogens with zero attached hydrogens (tertiary/aromatic N) is 4. The summed E-state index contributed by atoms with van der Waals surface area (Å²) in [6.07, 6.45) is 7.12. The van der Waals surface area contributed by atoms with Crippen LogP contribution in [0.5, 0.6) is 0 Å². The molecule has 4 heterocycles. The van der Waals surface area contributed by atoms with Crippen molar-refractivity contribution in [1.29, 1.82) is 0 Å². The topological polar surface area (TPSA) is 112 Å². The first-order chi connectivity index (χ1) is 16.7. The first-order valence-corrected chi connectivity index (χ1v) is 10.7. The molecule has 163 valence electrons. The van der Waals surface area contributed by atoms with Crippen molar-refractivity contribution in [2.45, 2.75) is 6.42 Å². The second kappa shape index (κ2) is 8.25. The second-order valence-corrected chi connectivity index (χ2v) is 7.89. The van der Waals surface area contributed by atoms with Crippen molar-refractivity contribution < 1.29 is 4.79 Å². The van der Waals surface area contributed by atoms with Crippen LogP contribution in [0.2, 0.25) is 0 Å². The molecular formula is C26H18N7O. The highest BCUT2D eigenvalue weighted by Gasteiger charge is 2.14. The number of amides is 1. The number of carbonyl (C=O) groups excluding carboxylic acids is 1. The molecule has 0 aliphatic heterocycles. The molecule has 0 atom stereocenters. The number of rotatable bonds is 5. The van der Waals surface area contributed by atoms with E-state index in [1.165, 1.54) is 0 Å². The molecule has 0 bridgehead atoms. The average Bonchev–Trinajstić information content (AvgIpc) is 3.48. The summed E-state index contributed by atoms with van der Waals surface area (Å²) in [7, 11) is 0. The standard InChI is InChI=1S/C26H18N7O/c34-24(10-16-4-2-1-3-5-16)29-19-11-18(13-28-14-19)17-6-7-21-20(12-17)25(33-32-21)26-30-22-8-9-27-15-23(22)31-26/h1-4,6-9,11-15H,10H2,(H,29,34)(H,30,31)(H,32,33). The summed E-state index contributed by atoms with van der Waals surface area (Å²) in [6.45, 7) is 0. The van der Waals surface area contributed by atoms with Crippen molar-refractivity contribution in [2.75, 3.05) is 5.32 Å². The molecule has 0 spiro atoms. The van der Waals surface area contributed by atoms with Gasteiger partial charge in [-0.05, 0) is 41.5 Å². The molecule has 0 aliphatic carbocycles. The van der Waals surface area contributed by atoms with Gasteiger partial charge in [0.15, 0.2) is 5.82 Å². The Morgan fingerprint density at radius 2 is 1.94 bits per heavy atom. The summed E-state index contributed by atoms with van der Waals surface area (Å²) in [5, 5.41) is 11.4. The van der Waals surface area contributed by atoms with E-state index in [0.29, 0.717) is 11.5 Å². The number of anilines is 1. The Balaban J connectivity index is 1.30. The van der Waals surface area contributed by atoms with E-state index in [0.717, 1.165) is 44.3 Å².